The van der Waals surface area contributed by atoms with Gasteiger partial charge in [0.1, 0.15) is 0 Å². The highest BCUT2D eigenvalue weighted by atomic mass is 35.5. The van der Waals surface area contributed by atoms with Gasteiger partial charge in [-0.25, -0.2) is 4.79 Å². The molecule has 146 valence electrons. The molecular formula is C21H21ClN2O4. The molecule has 0 unspecified atom stereocenters. The Morgan fingerprint density at radius 1 is 1.18 bits per heavy atom. The van der Waals surface area contributed by atoms with Crippen molar-refractivity contribution in [3.8, 4) is 0 Å². The minimum atomic E-state index is -0.985. The molecule has 0 radical (unpaired) electrons. The molecule has 0 aliphatic carbocycles. The van der Waals surface area contributed by atoms with Crippen LogP contribution in [0, 0.1) is 6.92 Å². The summed E-state index contributed by atoms with van der Waals surface area (Å²) in [5.41, 5.74) is 2.41. The van der Waals surface area contributed by atoms with Gasteiger partial charge < -0.3 is 15.0 Å². The maximum absolute atomic E-state index is 12.5. The average molecular weight is 401 g/mol. The van der Waals surface area contributed by atoms with Gasteiger partial charge in [0.15, 0.2) is 6.10 Å². The van der Waals surface area contributed by atoms with Crippen LogP contribution in [0.1, 0.15) is 35.7 Å². The third-order valence-electron chi connectivity index (χ3n) is 4.52. The Morgan fingerprint density at radius 3 is 2.54 bits per heavy atom. The van der Waals surface area contributed by atoms with Crippen LogP contribution >= 0.6 is 11.6 Å². The van der Waals surface area contributed by atoms with E-state index in [4.69, 9.17) is 16.3 Å². The van der Waals surface area contributed by atoms with Crippen LogP contribution < -0.4 is 10.2 Å². The summed E-state index contributed by atoms with van der Waals surface area (Å²) in [4.78, 5) is 38.3. The molecule has 0 spiro atoms. The van der Waals surface area contributed by atoms with E-state index in [2.05, 4.69) is 5.32 Å². The fourth-order valence-electron chi connectivity index (χ4n) is 2.91. The van der Waals surface area contributed by atoms with Gasteiger partial charge in [-0.1, -0.05) is 29.3 Å². The number of anilines is 2. The van der Waals surface area contributed by atoms with Gasteiger partial charge in [0.05, 0.1) is 16.3 Å². The molecule has 0 bridgehead atoms. The average Bonchev–Trinajstić information content (AvgIpc) is 3.09. The Balaban J connectivity index is 1.67. The Hall–Kier alpha value is -2.86. The topological polar surface area (TPSA) is 75.7 Å². The molecule has 1 N–H and O–H groups in total. The van der Waals surface area contributed by atoms with E-state index in [9.17, 15) is 14.4 Å². The predicted octanol–water partition coefficient (Wildman–Crippen LogP) is 3.96. The fourth-order valence-corrected chi connectivity index (χ4v) is 3.13. The highest BCUT2D eigenvalue weighted by Crippen LogP contribution is 2.30. The van der Waals surface area contributed by atoms with Gasteiger partial charge in [-0.2, -0.15) is 0 Å². The lowest BCUT2D eigenvalue weighted by Crippen LogP contribution is -2.30. The number of hydrogen-bond acceptors (Lipinski definition) is 4. The summed E-state index contributed by atoms with van der Waals surface area (Å²) in [6, 6.07) is 11.9. The van der Waals surface area contributed by atoms with Crippen molar-refractivity contribution < 1.29 is 19.1 Å². The van der Waals surface area contributed by atoms with Crippen molar-refractivity contribution in [3.63, 3.8) is 0 Å². The van der Waals surface area contributed by atoms with Crippen LogP contribution in [0.3, 0.4) is 0 Å². The SMILES string of the molecule is Cc1ccc(NC(=O)[C@@H](C)OC(=O)c2ccc(Cl)c(N3CCCC3=O)c2)cc1. The molecule has 2 aromatic carbocycles. The fraction of sp³-hybridized carbons (Fsp3) is 0.286. The third kappa shape index (κ3) is 4.51. The number of amides is 2. The predicted molar refractivity (Wildman–Crippen MR) is 108 cm³/mol. The zero-order valence-corrected chi connectivity index (χ0v) is 16.5. The number of esters is 1. The van der Waals surface area contributed by atoms with E-state index in [1.807, 2.05) is 19.1 Å². The maximum Gasteiger partial charge on any atom is 0.338 e. The highest BCUT2D eigenvalue weighted by molar-refractivity contribution is 6.34. The largest absolute Gasteiger partial charge is 0.449 e. The number of aryl methyl sites for hydroxylation is 1. The van der Waals surface area contributed by atoms with E-state index in [1.54, 1.807) is 23.1 Å². The molecule has 28 heavy (non-hydrogen) atoms. The summed E-state index contributed by atoms with van der Waals surface area (Å²) in [6.45, 7) is 4.01. The van der Waals surface area contributed by atoms with Gasteiger partial charge in [-0.05, 0) is 50.6 Å². The summed E-state index contributed by atoms with van der Waals surface area (Å²) in [5, 5.41) is 3.09. The molecule has 1 heterocycles. The highest BCUT2D eigenvalue weighted by Gasteiger charge is 2.25. The molecule has 2 amide bonds. The number of benzene rings is 2. The smallest absolute Gasteiger partial charge is 0.338 e. The van der Waals surface area contributed by atoms with E-state index < -0.39 is 18.0 Å². The molecule has 0 saturated carbocycles. The van der Waals surface area contributed by atoms with E-state index in [1.165, 1.54) is 19.1 Å². The Morgan fingerprint density at radius 2 is 1.89 bits per heavy atom. The van der Waals surface area contributed by atoms with Gasteiger partial charge in [0.2, 0.25) is 5.91 Å². The molecule has 0 aromatic heterocycles. The third-order valence-corrected chi connectivity index (χ3v) is 4.84. The Labute approximate surface area is 168 Å². The second-order valence-corrected chi connectivity index (χ2v) is 7.13. The summed E-state index contributed by atoms with van der Waals surface area (Å²) in [5.74, 6) is -1.12. The van der Waals surface area contributed by atoms with E-state index in [0.717, 1.165) is 12.0 Å². The first kappa shape index (κ1) is 19.9. The second-order valence-electron chi connectivity index (χ2n) is 6.72. The number of carbonyl (C=O) groups is 3. The van der Waals surface area contributed by atoms with Crippen molar-refractivity contribution in [1.82, 2.24) is 0 Å². The molecular weight excluding hydrogens is 380 g/mol. The van der Waals surface area contributed by atoms with Crippen molar-refractivity contribution in [2.24, 2.45) is 0 Å². The number of carbonyl (C=O) groups excluding carboxylic acids is 3. The van der Waals surface area contributed by atoms with Crippen molar-refractivity contribution in [2.75, 3.05) is 16.8 Å². The summed E-state index contributed by atoms with van der Waals surface area (Å²) in [7, 11) is 0. The lowest BCUT2D eigenvalue weighted by molar-refractivity contribution is -0.123. The Kier molecular flexibility index (Phi) is 5.99. The van der Waals surface area contributed by atoms with E-state index >= 15 is 0 Å². The molecule has 7 heteroatoms. The van der Waals surface area contributed by atoms with Gasteiger partial charge in [-0.3, -0.25) is 9.59 Å². The first-order chi connectivity index (χ1) is 13.3. The van der Waals surface area contributed by atoms with Crippen LogP contribution in [-0.4, -0.2) is 30.4 Å². The quantitative estimate of drug-likeness (QED) is 0.771. The van der Waals surface area contributed by atoms with Crippen LogP contribution in [0.2, 0.25) is 5.02 Å². The summed E-state index contributed by atoms with van der Waals surface area (Å²) < 4.78 is 5.28. The normalized spacial score (nSPS) is 14.7. The molecule has 2 aromatic rings. The molecule has 6 nitrogen and oxygen atoms in total. The van der Waals surface area contributed by atoms with Crippen molar-refractivity contribution in [3.05, 3.63) is 58.6 Å². The van der Waals surface area contributed by atoms with Gasteiger partial charge >= 0.3 is 5.97 Å². The number of halogens is 1. The Bertz CT molecular complexity index is 911. The molecule has 1 atom stereocenters. The zero-order valence-electron chi connectivity index (χ0n) is 15.7. The van der Waals surface area contributed by atoms with Gasteiger partial charge in [0.25, 0.3) is 5.91 Å². The van der Waals surface area contributed by atoms with E-state index in [0.29, 0.717) is 29.4 Å². The number of nitrogens with one attached hydrogen (secondary N) is 1. The summed E-state index contributed by atoms with van der Waals surface area (Å²) >= 11 is 6.19. The molecule has 3 rings (SSSR count). The van der Waals surface area contributed by atoms with Gasteiger partial charge in [-0.15, -0.1) is 0 Å². The van der Waals surface area contributed by atoms with Crippen LogP contribution in [0.15, 0.2) is 42.5 Å². The minimum Gasteiger partial charge on any atom is -0.449 e. The monoisotopic (exact) mass is 400 g/mol. The zero-order chi connectivity index (χ0) is 20.3. The van der Waals surface area contributed by atoms with E-state index in [-0.39, 0.29) is 11.5 Å². The number of nitrogens with zero attached hydrogens (tertiary/aromatic N) is 1. The lowest BCUT2D eigenvalue weighted by Gasteiger charge is -2.19. The number of ether oxygens (including phenoxy) is 1. The maximum atomic E-state index is 12.5. The lowest BCUT2D eigenvalue weighted by atomic mass is 10.2. The first-order valence-corrected chi connectivity index (χ1v) is 9.41. The number of hydrogen-bond donors (Lipinski definition) is 1. The van der Waals surface area contributed by atoms with Crippen molar-refractivity contribution >= 4 is 40.8 Å². The van der Waals surface area contributed by atoms with Crippen LogP contribution in [0.5, 0.6) is 0 Å². The molecule has 1 aliphatic heterocycles. The number of rotatable bonds is 5. The minimum absolute atomic E-state index is 0.0294. The summed E-state index contributed by atoms with van der Waals surface area (Å²) in [6.07, 6.45) is 0.225. The van der Waals surface area contributed by atoms with Crippen molar-refractivity contribution in [1.29, 1.82) is 0 Å². The second kappa shape index (κ2) is 8.44. The van der Waals surface area contributed by atoms with Crippen LogP contribution in [0.4, 0.5) is 11.4 Å². The molecule has 1 fully saturated rings. The van der Waals surface area contributed by atoms with Crippen molar-refractivity contribution in [2.45, 2.75) is 32.8 Å². The van der Waals surface area contributed by atoms with Crippen LogP contribution in [-0.2, 0) is 14.3 Å². The standard InChI is InChI=1S/C21H21ClN2O4/c1-13-5-8-16(9-6-13)23-20(26)14(2)28-21(27)15-7-10-17(22)18(12-15)24-11-3-4-19(24)25/h5-10,12,14H,3-4,11H2,1-2H3,(H,23,26)/t14-/m1/s1. The molecule has 1 aliphatic rings. The molecule has 1 saturated heterocycles. The van der Waals surface area contributed by atoms with Gasteiger partial charge in [0, 0.05) is 18.7 Å². The van der Waals surface area contributed by atoms with Crippen LogP contribution in [0.25, 0.3) is 0 Å². The first-order valence-electron chi connectivity index (χ1n) is 9.03.